The second kappa shape index (κ2) is 9.34. The van der Waals surface area contributed by atoms with E-state index in [-0.39, 0.29) is 28.1 Å². The highest BCUT2D eigenvalue weighted by molar-refractivity contribution is 7.09. The van der Waals surface area contributed by atoms with E-state index in [4.69, 9.17) is 5.73 Å². The molecule has 0 aliphatic heterocycles. The number of hydrogen-bond donors (Lipinski definition) is 3. The van der Waals surface area contributed by atoms with Crippen molar-refractivity contribution in [3.05, 3.63) is 81.9 Å². The first kappa shape index (κ1) is 20.5. The quantitative estimate of drug-likeness (QED) is 0.557. The number of anilines is 1. The monoisotopic (exact) mass is 408 g/mol. The van der Waals surface area contributed by atoms with Gasteiger partial charge in [0, 0.05) is 13.1 Å². The third-order valence-electron chi connectivity index (χ3n) is 4.66. The van der Waals surface area contributed by atoms with Crippen LogP contribution in [0.5, 0.6) is 0 Å². The summed E-state index contributed by atoms with van der Waals surface area (Å²) in [5.41, 5.74) is 9.51. The molecule has 0 radical (unpaired) electrons. The maximum atomic E-state index is 12.5. The summed E-state index contributed by atoms with van der Waals surface area (Å²) in [6, 6.07) is 17.8. The van der Waals surface area contributed by atoms with Crippen LogP contribution in [0.4, 0.5) is 5.69 Å². The number of hydrogen-bond acceptors (Lipinski definition) is 5. The molecule has 0 unspecified atom stereocenters. The van der Waals surface area contributed by atoms with Gasteiger partial charge in [0.25, 0.3) is 11.8 Å². The number of aryl methyl sites for hydroxylation is 1. The highest BCUT2D eigenvalue weighted by Crippen LogP contribution is 2.22. The number of benzene rings is 2. The zero-order valence-corrected chi connectivity index (χ0v) is 17.3. The summed E-state index contributed by atoms with van der Waals surface area (Å²) in [7, 11) is 0. The second-order valence-corrected chi connectivity index (χ2v) is 7.74. The van der Waals surface area contributed by atoms with E-state index in [0.29, 0.717) is 13.1 Å². The summed E-state index contributed by atoms with van der Waals surface area (Å²) >= 11 is 0.936. The van der Waals surface area contributed by atoms with Crippen molar-refractivity contribution in [1.29, 1.82) is 0 Å². The highest BCUT2D eigenvalue weighted by atomic mass is 32.1. The zero-order valence-electron chi connectivity index (χ0n) is 16.4. The van der Waals surface area contributed by atoms with E-state index in [0.717, 1.165) is 28.2 Å². The lowest BCUT2D eigenvalue weighted by Crippen LogP contribution is -2.28. The van der Waals surface area contributed by atoms with Gasteiger partial charge in [0.2, 0.25) is 0 Å². The Labute approximate surface area is 174 Å². The summed E-state index contributed by atoms with van der Waals surface area (Å²) in [6.45, 7) is 4.88. The molecule has 2 aromatic carbocycles. The highest BCUT2D eigenvalue weighted by Gasteiger charge is 2.22. The Bertz CT molecular complexity index is 984. The molecule has 7 heteroatoms. The minimum atomic E-state index is -0.393. The molecule has 0 fully saturated rings. The number of nitrogens with one attached hydrogen (secondary N) is 2. The Kier molecular flexibility index (Phi) is 6.61. The van der Waals surface area contributed by atoms with Gasteiger partial charge in [-0.15, -0.1) is 0 Å². The van der Waals surface area contributed by atoms with Gasteiger partial charge in [-0.05, 0) is 35.5 Å². The van der Waals surface area contributed by atoms with Crippen LogP contribution in [0, 0.1) is 6.92 Å². The van der Waals surface area contributed by atoms with E-state index in [1.54, 1.807) is 0 Å². The zero-order chi connectivity index (χ0) is 20.8. The first-order chi connectivity index (χ1) is 14.0. The molecule has 0 saturated heterocycles. The van der Waals surface area contributed by atoms with E-state index >= 15 is 0 Å². The van der Waals surface area contributed by atoms with E-state index in [9.17, 15) is 9.59 Å². The molecule has 2 amide bonds. The van der Waals surface area contributed by atoms with Gasteiger partial charge in [0.05, 0.1) is 5.69 Å². The van der Waals surface area contributed by atoms with Gasteiger partial charge in [-0.2, -0.15) is 4.37 Å². The van der Waals surface area contributed by atoms with Gasteiger partial charge in [0.15, 0.2) is 5.69 Å². The Morgan fingerprint density at radius 2 is 1.72 bits per heavy atom. The number of rotatable bonds is 7. The molecule has 1 aromatic heterocycles. The number of carbonyl (C=O) groups excluding carboxylic acids is 2. The lowest BCUT2D eigenvalue weighted by molar-refractivity contribution is 0.0947. The van der Waals surface area contributed by atoms with Crippen molar-refractivity contribution in [1.82, 2.24) is 15.0 Å². The average molecular weight is 409 g/mol. The summed E-state index contributed by atoms with van der Waals surface area (Å²) < 4.78 is 4.09. The Balaban J connectivity index is 1.58. The van der Waals surface area contributed by atoms with Gasteiger partial charge < -0.3 is 16.4 Å². The predicted molar refractivity (Wildman–Crippen MR) is 116 cm³/mol. The molecule has 3 aromatic rings. The van der Waals surface area contributed by atoms with Crippen molar-refractivity contribution >= 4 is 29.0 Å². The predicted octanol–water partition coefficient (Wildman–Crippen LogP) is 3.50. The largest absolute Gasteiger partial charge is 0.395 e. The van der Waals surface area contributed by atoms with Crippen molar-refractivity contribution in [2.24, 2.45) is 0 Å². The van der Waals surface area contributed by atoms with Gasteiger partial charge >= 0.3 is 0 Å². The molecule has 6 nitrogen and oxygen atoms in total. The van der Waals surface area contributed by atoms with Crippen molar-refractivity contribution in [2.45, 2.75) is 26.3 Å². The molecule has 1 heterocycles. The summed E-state index contributed by atoms with van der Waals surface area (Å²) in [4.78, 5) is 25.2. The Morgan fingerprint density at radius 3 is 2.41 bits per heavy atom. The molecule has 1 atom stereocenters. The van der Waals surface area contributed by atoms with Crippen molar-refractivity contribution < 1.29 is 9.59 Å². The van der Waals surface area contributed by atoms with E-state index in [2.05, 4.69) is 15.0 Å². The summed E-state index contributed by atoms with van der Waals surface area (Å²) in [5, 5.41) is 5.67. The first-order valence-corrected chi connectivity index (χ1v) is 10.1. The van der Waals surface area contributed by atoms with E-state index in [1.807, 2.05) is 68.4 Å². The number of nitrogens with two attached hydrogens (primary N) is 1. The molecule has 29 heavy (non-hydrogen) atoms. The third kappa shape index (κ3) is 5.20. The van der Waals surface area contributed by atoms with E-state index < -0.39 is 5.91 Å². The maximum Gasteiger partial charge on any atom is 0.273 e. The number of nitrogens with zero attached hydrogens (tertiary/aromatic N) is 1. The van der Waals surface area contributed by atoms with Crippen LogP contribution in [0.1, 0.15) is 49.7 Å². The Hall–Kier alpha value is -3.19. The van der Waals surface area contributed by atoms with E-state index in [1.165, 1.54) is 0 Å². The van der Waals surface area contributed by atoms with Crippen LogP contribution in [-0.4, -0.2) is 22.7 Å². The molecular weight excluding hydrogens is 384 g/mol. The van der Waals surface area contributed by atoms with Gasteiger partial charge in [-0.1, -0.05) is 67.1 Å². The smallest absolute Gasteiger partial charge is 0.273 e. The first-order valence-electron chi connectivity index (χ1n) is 9.37. The van der Waals surface area contributed by atoms with Gasteiger partial charge in [-0.25, -0.2) is 0 Å². The van der Waals surface area contributed by atoms with Gasteiger partial charge in [-0.3, -0.25) is 9.59 Å². The molecule has 0 bridgehead atoms. The fourth-order valence-corrected chi connectivity index (χ4v) is 3.54. The fourth-order valence-electron chi connectivity index (χ4n) is 2.82. The fraction of sp³-hybridized carbons (Fsp3) is 0.227. The maximum absolute atomic E-state index is 12.5. The summed E-state index contributed by atoms with van der Waals surface area (Å²) in [5.74, 6) is -0.553. The molecule has 3 rings (SSSR count). The van der Waals surface area contributed by atoms with Crippen molar-refractivity contribution in [3.63, 3.8) is 0 Å². The van der Waals surface area contributed by atoms with Crippen molar-refractivity contribution in [2.75, 3.05) is 12.3 Å². The van der Waals surface area contributed by atoms with Crippen LogP contribution in [0.3, 0.4) is 0 Å². The molecule has 0 saturated carbocycles. The van der Waals surface area contributed by atoms with Crippen LogP contribution < -0.4 is 16.4 Å². The molecule has 4 N–H and O–H groups in total. The number of amides is 2. The number of carbonyl (C=O) groups is 2. The van der Waals surface area contributed by atoms with Crippen LogP contribution >= 0.6 is 11.5 Å². The number of nitrogen functional groups attached to an aromatic ring is 1. The molecular formula is C22H24N4O2S. The average Bonchev–Trinajstić information content (AvgIpc) is 3.13. The lowest BCUT2D eigenvalue weighted by Gasteiger charge is -2.12. The molecule has 0 spiro atoms. The molecule has 0 aliphatic rings. The van der Waals surface area contributed by atoms with Crippen LogP contribution in [0.2, 0.25) is 0 Å². The molecule has 150 valence electrons. The van der Waals surface area contributed by atoms with Crippen molar-refractivity contribution in [3.8, 4) is 0 Å². The standard InChI is InChI=1S/C22H24N4O2S/c1-14-8-10-16(11-9-14)13-25-21(27)19-18(23)20(29-26-19)22(28)24-12-15(2)17-6-4-3-5-7-17/h3-11,15H,12-13,23H2,1-2H3,(H,24,28)(H,25,27)/t15-/m0/s1. The minimum Gasteiger partial charge on any atom is -0.395 e. The van der Waals surface area contributed by atoms with Crippen LogP contribution in [0.15, 0.2) is 54.6 Å². The normalized spacial score (nSPS) is 11.7. The third-order valence-corrected chi connectivity index (χ3v) is 5.52. The number of aromatic nitrogens is 1. The van der Waals surface area contributed by atoms with Gasteiger partial charge in [0.1, 0.15) is 4.88 Å². The minimum absolute atomic E-state index is 0.0865. The Morgan fingerprint density at radius 1 is 1.03 bits per heavy atom. The van der Waals surface area contributed by atoms with Crippen LogP contribution in [0.25, 0.3) is 0 Å². The topological polar surface area (TPSA) is 97.1 Å². The van der Waals surface area contributed by atoms with Crippen LogP contribution in [-0.2, 0) is 6.54 Å². The lowest BCUT2D eigenvalue weighted by atomic mass is 10.0. The second-order valence-electron chi connectivity index (χ2n) is 6.96. The molecule has 0 aliphatic carbocycles. The summed E-state index contributed by atoms with van der Waals surface area (Å²) in [6.07, 6.45) is 0. The SMILES string of the molecule is Cc1ccc(CNC(=O)c2nsc(C(=O)NC[C@H](C)c3ccccc3)c2N)cc1.